The summed E-state index contributed by atoms with van der Waals surface area (Å²) < 4.78 is 2.00. The molecule has 0 heterocycles. The molecule has 1 aromatic rings. The van der Waals surface area contributed by atoms with Crippen molar-refractivity contribution in [1.29, 1.82) is 0 Å². The summed E-state index contributed by atoms with van der Waals surface area (Å²) in [6, 6.07) is 3.91. The van der Waals surface area contributed by atoms with Gasteiger partial charge in [0.1, 0.15) is 5.75 Å². The first kappa shape index (κ1) is 13.0. The molecule has 0 atom stereocenters. The Balaban J connectivity index is 2.81. The molecule has 15 heavy (non-hydrogen) atoms. The van der Waals surface area contributed by atoms with Crippen molar-refractivity contribution in [2.75, 3.05) is 6.54 Å². The average Bonchev–Trinajstić information content (AvgIpc) is 2.12. The fourth-order valence-corrected chi connectivity index (χ4v) is 3.13. The third-order valence-electron chi connectivity index (χ3n) is 1.85. The van der Waals surface area contributed by atoms with Gasteiger partial charge in [0, 0.05) is 10.1 Å². The van der Waals surface area contributed by atoms with Crippen LogP contribution in [0.4, 0.5) is 0 Å². The van der Waals surface area contributed by atoms with Gasteiger partial charge in [0.2, 0.25) is 0 Å². The van der Waals surface area contributed by atoms with Gasteiger partial charge in [-0.1, -0.05) is 0 Å². The fraction of sp³-hybridized carbons (Fsp3) is 0.300. The highest BCUT2D eigenvalue weighted by Crippen LogP contribution is 2.27. The van der Waals surface area contributed by atoms with Gasteiger partial charge in [-0.3, -0.25) is 4.99 Å². The Morgan fingerprint density at radius 2 is 2.13 bits per heavy atom. The molecule has 0 aliphatic heterocycles. The molecule has 82 valence electrons. The van der Waals surface area contributed by atoms with E-state index >= 15 is 0 Å². The summed E-state index contributed by atoms with van der Waals surface area (Å²) in [4.78, 5) is 4.10. The van der Waals surface area contributed by atoms with Gasteiger partial charge in [0.05, 0.1) is 9.41 Å². The number of aliphatic imine (C=N–C) groups is 1. The van der Waals surface area contributed by atoms with Crippen molar-refractivity contribution in [2.45, 2.75) is 13.3 Å². The van der Waals surface area contributed by atoms with E-state index in [4.69, 9.17) is 5.73 Å². The first-order valence-corrected chi connectivity index (χ1v) is 6.60. The number of amidine groups is 1. The van der Waals surface area contributed by atoms with E-state index in [1.54, 1.807) is 6.92 Å². The molecule has 0 aromatic heterocycles. The summed E-state index contributed by atoms with van der Waals surface area (Å²) >= 11 is 4.36. The molecule has 5 heteroatoms. The van der Waals surface area contributed by atoms with Crippen molar-refractivity contribution < 1.29 is 5.11 Å². The topological polar surface area (TPSA) is 58.6 Å². The normalized spacial score (nSPS) is 11.8. The van der Waals surface area contributed by atoms with E-state index in [2.05, 4.69) is 50.2 Å². The van der Waals surface area contributed by atoms with Crippen molar-refractivity contribution in [2.24, 2.45) is 10.7 Å². The molecule has 0 aliphatic rings. The summed E-state index contributed by atoms with van der Waals surface area (Å²) in [6.45, 7) is 2.38. The number of hydrogen-bond donors (Lipinski definition) is 2. The highest BCUT2D eigenvalue weighted by atomic mass is 131. The van der Waals surface area contributed by atoms with E-state index in [0.717, 1.165) is 12.7 Å². The van der Waals surface area contributed by atoms with Crippen LogP contribution in [0.3, 0.4) is 0 Å². The molecule has 0 saturated heterocycles. The Labute approximate surface area is 116 Å². The molecule has 3 N–H and O–H groups in total. The van der Waals surface area contributed by atoms with E-state index in [0.29, 0.717) is 24.6 Å². The maximum absolute atomic E-state index is 9.80. The monoisotopic (exact) mass is 438 g/mol. The third kappa shape index (κ3) is 4.13. The van der Waals surface area contributed by atoms with Crippen LogP contribution in [0.25, 0.3) is 0 Å². The van der Waals surface area contributed by atoms with Crippen molar-refractivity contribution in [3.05, 3.63) is 24.8 Å². The Bertz CT molecular complexity index is 387. The number of aromatic hydroxyl groups is 1. The predicted octanol–water partition coefficient (Wildman–Crippen LogP) is 2.52. The Morgan fingerprint density at radius 1 is 1.47 bits per heavy atom. The number of nitrogens with zero attached hydrogens (tertiary/aromatic N) is 1. The third-order valence-corrected chi connectivity index (χ3v) is 3.29. The highest BCUT2D eigenvalue weighted by Gasteiger charge is 2.06. The van der Waals surface area contributed by atoms with Gasteiger partial charge in [-0.2, -0.15) is 0 Å². The largest absolute Gasteiger partial charge is 0.507 e. The zero-order valence-electron chi connectivity index (χ0n) is 8.30. The van der Waals surface area contributed by atoms with Gasteiger partial charge in [0.25, 0.3) is 0 Å². The fourth-order valence-electron chi connectivity index (χ4n) is 1.16. The van der Waals surface area contributed by atoms with Gasteiger partial charge >= 0.3 is 0 Å². The van der Waals surface area contributed by atoms with Crippen molar-refractivity contribution >= 4 is 51.0 Å². The molecule has 0 spiro atoms. The molecular weight excluding hydrogens is 426 g/mol. The lowest BCUT2D eigenvalue weighted by Gasteiger charge is -2.06. The zero-order valence-corrected chi connectivity index (χ0v) is 12.6. The van der Waals surface area contributed by atoms with Crippen LogP contribution in [0.1, 0.15) is 12.5 Å². The van der Waals surface area contributed by atoms with Crippen molar-refractivity contribution in [3.8, 4) is 5.75 Å². The summed E-state index contributed by atoms with van der Waals surface area (Å²) in [6.07, 6.45) is 0.715. The minimum atomic E-state index is 0.362. The summed E-state index contributed by atoms with van der Waals surface area (Å²) in [7, 11) is 0. The molecule has 0 radical (unpaired) electrons. The predicted molar refractivity (Wildman–Crippen MR) is 79.4 cm³/mol. The SMILES string of the molecule is CC(N)=NCCc1cc([131I])cc([131I])c1O. The average molecular weight is 438 g/mol. The molecule has 0 saturated carbocycles. The number of nitrogens with two attached hydrogens (primary N) is 1. The van der Waals surface area contributed by atoms with Gasteiger partial charge in [-0.25, -0.2) is 0 Å². The Kier molecular flexibility index (Phi) is 5.10. The van der Waals surface area contributed by atoms with Crippen LogP contribution in [0.15, 0.2) is 17.1 Å². The molecule has 0 fully saturated rings. The van der Waals surface area contributed by atoms with Crippen LogP contribution in [0, 0.1) is 7.14 Å². The molecule has 1 rings (SSSR count). The van der Waals surface area contributed by atoms with E-state index in [1.165, 1.54) is 0 Å². The van der Waals surface area contributed by atoms with E-state index in [9.17, 15) is 5.11 Å². The lowest BCUT2D eigenvalue weighted by molar-refractivity contribution is 0.464. The number of phenolic OH excluding ortho intramolecular Hbond substituents is 1. The molecule has 0 amide bonds. The standard InChI is InChI=1S/C10H12I2N2O/c1-6(13)14-3-2-7-4-8(11)5-9(12)10(7)15/h4-5,15H,2-3H2,1H3,(H2,13,14)/i11+4,12+4. The van der Waals surface area contributed by atoms with Gasteiger partial charge in [-0.15, -0.1) is 0 Å². The first-order valence-electron chi connectivity index (χ1n) is 4.44. The number of benzene rings is 1. The number of halogens is 2. The first-order chi connectivity index (χ1) is 7.00. The Morgan fingerprint density at radius 3 is 2.73 bits per heavy atom. The van der Waals surface area contributed by atoms with Crippen LogP contribution in [-0.4, -0.2) is 17.5 Å². The Hall–Kier alpha value is -0.0500. The second-order valence-corrected chi connectivity index (χ2v) is 5.58. The molecule has 0 aliphatic carbocycles. The van der Waals surface area contributed by atoms with Gasteiger partial charge < -0.3 is 10.8 Å². The van der Waals surface area contributed by atoms with Crippen LogP contribution in [0.5, 0.6) is 5.75 Å². The van der Waals surface area contributed by atoms with Crippen LogP contribution < -0.4 is 5.73 Å². The maximum Gasteiger partial charge on any atom is 0.132 e. The van der Waals surface area contributed by atoms with Crippen LogP contribution >= 0.6 is 45.2 Å². The van der Waals surface area contributed by atoms with Crippen LogP contribution in [-0.2, 0) is 6.42 Å². The van der Waals surface area contributed by atoms with Crippen LogP contribution in [0.2, 0.25) is 0 Å². The molecule has 0 bridgehead atoms. The van der Waals surface area contributed by atoms with Crippen molar-refractivity contribution in [3.63, 3.8) is 0 Å². The number of phenols is 1. The van der Waals surface area contributed by atoms with Gasteiger partial charge in [-0.05, 0) is 76.2 Å². The lowest BCUT2D eigenvalue weighted by atomic mass is 10.1. The summed E-state index contributed by atoms with van der Waals surface area (Å²) in [5.74, 6) is 0.940. The molecule has 3 nitrogen and oxygen atoms in total. The second kappa shape index (κ2) is 5.88. The zero-order chi connectivity index (χ0) is 11.4. The minimum absolute atomic E-state index is 0.362. The lowest BCUT2D eigenvalue weighted by Crippen LogP contribution is -2.06. The van der Waals surface area contributed by atoms with E-state index in [-0.39, 0.29) is 0 Å². The summed E-state index contributed by atoms with van der Waals surface area (Å²) in [5.41, 5.74) is 6.37. The quantitative estimate of drug-likeness (QED) is 0.433. The van der Waals surface area contributed by atoms with E-state index in [1.807, 2.05) is 12.1 Å². The molecule has 1 aromatic carbocycles. The second-order valence-electron chi connectivity index (χ2n) is 3.17. The number of hydrogen-bond acceptors (Lipinski definition) is 2. The smallest absolute Gasteiger partial charge is 0.132 e. The maximum atomic E-state index is 9.80. The molecular formula is C10H12I2N2O. The summed E-state index contributed by atoms with van der Waals surface area (Å²) in [5, 5.41) is 9.80. The van der Waals surface area contributed by atoms with Crippen molar-refractivity contribution in [1.82, 2.24) is 0 Å². The minimum Gasteiger partial charge on any atom is -0.507 e. The number of rotatable bonds is 3. The molecule has 0 unspecified atom stereocenters. The van der Waals surface area contributed by atoms with E-state index < -0.39 is 0 Å². The highest BCUT2D eigenvalue weighted by molar-refractivity contribution is 14.1. The van der Waals surface area contributed by atoms with Gasteiger partial charge in [0.15, 0.2) is 0 Å².